The van der Waals surface area contributed by atoms with Crippen LogP contribution in [0, 0.1) is 0 Å². The van der Waals surface area contributed by atoms with Crippen molar-refractivity contribution in [3.05, 3.63) is 16.3 Å². The molecule has 0 aliphatic carbocycles. The topological polar surface area (TPSA) is 39.8 Å². The Kier molecular flexibility index (Phi) is 6.83. The van der Waals surface area contributed by atoms with Gasteiger partial charge in [-0.1, -0.05) is 48.0 Å². The van der Waals surface area contributed by atoms with Gasteiger partial charge in [-0.2, -0.15) is 5.10 Å². The highest BCUT2D eigenvalue weighted by Gasteiger charge is 2.15. The number of unbranched alkanes of at least 4 members (excludes halogenated alkanes) is 6. The third kappa shape index (κ3) is 4.47. The summed E-state index contributed by atoms with van der Waals surface area (Å²) in [5, 5.41) is 5.60. The van der Waals surface area contributed by atoms with E-state index in [4.69, 9.17) is 0 Å². The zero-order valence-electron chi connectivity index (χ0n) is 12.3. The lowest BCUT2D eigenvalue weighted by Gasteiger charge is -2.09. The Morgan fingerprint density at radius 2 is 1.70 bits per heavy atom. The predicted molar refractivity (Wildman–Crippen MR) is 85.5 cm³/mol. The fraction of sp³-hybridized carbons (Fsp3) is 0.867. The van der Waals surface area contributed by atoms with E-state index >= 15 is 0 Å². The monoisotopic (exact) mass is 343 g/mol. The van der Waals surface area contributed by atoms with Gasteiger partial charge in [-0.05, 0) is 25.7 Å². The van der Waals surface area contributed by atoms with Crippen LogP contribution < -0.4 is 5.69 Å². The molecular formula is C15H26BrN3O. The smallest absolute Gasteiger partial charge is 0.279 e. The van der Waals surface area contributed by atoms with Gasteiger partial charge in [0.15, 0.2) is 0 Å². The number of nitrogens with zero attached hydrogens (tertiary/aromatic N) is 3. The van der Waals surface area contributed by atoms with E-state index in [9.17, 15) is 4.79 Å². The third-order valence-electron chi connectivity index (χ3n) is 4.04. The minimum absolute atomic E-state index is 0.108. The Balaban J connectivity index is 1.65. The second kappa shape index (κ2) is 8.65. The molecular weight excluding hydrogens is 318 g/mol. The highest BCUT2D eigenvalue weighted by molar-refractivity contribution is 9.09. The molecule has 0 saturated carbocycles. The summed E-state index contributed by atoms with van der Waals surface area (Å²) in [6.07, 6.45) is 12.1. The Bertz CT molecular complexity index is 452. The molecule has 2 heterocycles. The molecule has 1 aromatic heterocycles. The lowest BCUT2D eigenvalue weighted by Crippen LogP contribution is -2.27. The molecule has 0 saturated heterocycles. The molecule has 0 unspecified atom stereocenters. The summed E-state index contributed by atoms with van der Waals surface area (Å²) in [6.45, 7) is 1.65. The third-order valence-corrected chi connectivity index (χ3v) is 4.60. The summed E-state index contributed by atoms with van der Waals surface area (Å²) in [6, 6.07) is 0. The molecule has 0 aromatic carbocycles. The quantitative estimate of drug-likeness (QED) is 0.508. The molecule has 0 spiro atoms. The van der Waals surface area contributed by atoms with Gasteiger partial charge >= 0.3 is 5.69 Å². The van der Waals surface area contributed by atoms with Crippen LogP contribution in [0.25, 0.3) is 0 Å². The van der Waals surface area contributed by atoms with Crippen molar-refractivity contribution in [1.29, 1.82) is 0 Å². The van der Waals surface area contributed by atoms with Crippen molar-refractivity contribution in [2.24, 2.45) is 0 Å². The number of alkyl halides is 1. The number of halogens is 1. The second-order valence-corrected chi connectivity index (χ2v) is 6.49. The Hall–Kier alpha value is -0.580. The summed E-state index contributed by atoms with van der Waals surface area (Å²) < 4.78 is 3.55. The first-order chi connectivity index (χ1) is 9.83. The van der Waals surface area contributed by atoms with Crippen molar-refractivity contribution < 1.29 is 0 Å². The largest absolute Gasteiger partial charge is 0.345 e. The first-order valence-corrected chi connectivity index (χ1v) is 9.17. The van der Waals surface area contributed by atoms with Crippen LogP contribution in [0.2, 0.25) is 0 Å². The molecule has 1 aliphatic rings. The van der Waals surface area contributed by atoms with Gasteiger partial charge in [-0.25, -0.2) is 9.48 Å². The molecule has 0 N–H and O–H groups in total. The molecule has 5 heteroatoms. The summed E-state index contributed by atoms with van der Waals surface area (Å²) in [5.74, 6) is 0.996. The first kappa shape index (κ1) is 15.8. The summed E-state index contributed by atoms with van der Waals surface area (Å²) in [4.78, 5) is 12.1. The molecule has 0 bridgehead atoms. The molecule has 20 heavy (non-hydrogen) atoms. The number of hydrogen-bond acceptors (Lipinski definition) is 2. The average molecular weight is 344 g/mol. The van der Waals surface area contributed by atoms with Gasteiger partial charge < -0.3 is 0 Å². The van der Waals surface area contributed by atoms with Crippen LogP contribution in [0.5, 0.6) is 0 Å². The molecule has 2 rings (SSSR count). The summed E-state index contributed by atoms with van der Waals surface area (Å²) in [7, 11) is 0. The van der Waals surface area contributed by atoms with Gasteiger partial charge in [-0.15, -0.1) is 0 Å². The molecule has 0 radical (unpaired) electrons. The van der Waals surface area contributed by atoms with Crippen LogP contribution >= 0.6 is 15.9 Å². The molecule has 0 fully saturated rings. The minimum atomic E-state index is 0.108. The van der Waals surface area contributed by atoms with Crippen LogP contribution in [0.3, 0.4) is 0 Å². The van der Waals surface area contributed by atoms with E-state index in [0.717, 1.165) is 43.5 Å². The van der Waals surface area contributed by atoms with Gasteiger partial charge in [-0.3, -0.25) is 4.57 Å². The fourth-order valence-corrected chi connectivity index (χ4v) is 3.23. The molecule has 0 amide bonds. The van der Waals surface area contributed by atoms with Crippen molar-refractivity contribution in [3.63, 3.8) is 0 Å². The van der Waals surface area contributed by atoms with Crippen LogP contribution in [0.4, 0.5) is 0 Å². The van der Waals surface area contributed by atoms with E-state index in [1.165, 1.54) is 44.9 Å². The van der Waals surface area contributed by atoms with E-state index in [1.54, 1.807) is 4.68 Å². The zero-order valence-corrected chi connectivity index (χ0v) is 13.9. The lowest BCUT2D eigenvalue weighted by atomic mass is 10.1. The van der Waals surface area contributed by atoms with Gasteiger partial charge in [0.1, 0.15) is 5.82 Å². The molecule has 0 atom stereocenters. The summed E-state index contributed by atoms with van der Waals surface area (Å²) in [5.41, 5.74) is 0.108. The van der Waals surface area contributed by atoms with Crippen molar-refractivity contribution in [1.82, 2.24) is 14.3 Å². The number of aryl methyl sites for hydroxylation is 2. The van der Waals surface area contributed by atoms with Crippen LogP contribution in [0.1, 0.15) is 63.6 Å². The van der Waals surface area contributed by atoms with Crippen molar-refractivity contribution in [3.8, 4) is 0 Å². The first-order valence-electron chi connectivity index (χ1n) is 8.05. The van der Waals surface area contributed by atoms with Crippen LogP contribution in [-0.2, 0) is 19.5 Å². The Labute approximate surface area is 129 Å². The van der Waals surface area contributed by atoms with Gasteiger partial charge in [0.25, 0.3) is 0 Å². The van der Waals surface area contributed by atoms with E-state index in [-0.39, 0.29) is 5.69 Å². The Morgan fingerprint density at radius 1 is 1.00 bits per heavy atom. The lowest BCUT2D eigenvalue weighted by molar-refractivity contribution is 0.500. The van der Waals surface area contributed by atoms with Gasteiger partial charge in [0, 0.05) is 24.8 Å². The molecule has 4 nitrogen and oxygen atoms in total. The van der Waals surface area contributed by atoms with E-state index in [1.807, 2.05) is 4.57 Å². The van der Waals surface area contributed by atoms with Crippen molar-refractivity contribution >= 4 is 15.9 Å². The summed E-state index contributed by atoms with van der Waals surface area (Å²) >= 11 is 3.46. The van der Waals surface area contributed by atoms with Gasteiger partial charge in [0.05, 0.1) is 0 Å². The molecule has 114 valence electrons. The van der Waals surface area contributed by atoms with E-state index < -0.39 is 0 Å². The number of fused-ring (bicyclic) bond motifs is 1. The maximum Gasteiger partial charge on any atom is 0.345 e. The van der Waals surface area contributed by atoms with E-state index in [2.05, 4.69) is 21.0 Å². The second-order valence-electron chi connectivity index (χ2n) is 5.69. The molecule has 1 aromatic rings. The van der Waals surface area contributed by atoms with Crippen molar-refractivity contribution in [2.45, 2.75) is 77.3 Å². The number of aromatic nitrogens is 3. The highest BCUT2D eigenvalue weighted by Crippen LogP contribution is 2.11. The van der Waals surface area contributed by atoms with Crippen LogP contribution in [-0.4, -0.2) is 19.7 Å². The average Bonchev–Trinajstić information content (AvgIpc) is 2.79. The standard InChI is InChI=1S/C15H26BrN3O/c16-11-7-4-2-1-3-5-8-13-19-15(20)18-12-9-6-10-14(18)17-19/h1-13H2. The Morgan fingerprint density at radius 3 is 2.40 bits per heavy atom. The molecule has 1 aliphatic heterocycles. The van der Waals surface area contributed by atoms with E-state index in [0.29, 0.717) is 0 Å². The maximum absolute atomic E-state index is 12.1. The number of rotatable bonds is 9. The minimum Gasteiger partial charge on any atom is -0.279 e. The van der Waals surface area contributed by atoms with Crippen molar-refractivity contribution in [2.75, 3.05) is 5.33 Å². The normalized spacial score (nSPS) is 14.4. The van der Waals surface area contributed by atoms with Crippen LogP contribution in [0.15, 0.2) is 4.79 Å². The fourth-order valence-electron chi connectivity index (χ4n) is 2.83. The SMILES string of the molecule is O=c1n(CCCCCCCCCBr)nc2n1CCCC2. The highest BCUT2D eigenvalue weighted by atomic mass is 79.9. The van der Waals surface area contributed by atoms with Gasteiger partial charge in [0.2, 0.25) is 0 Å². The zero-order chi connectivity index (χ0) is 14.2. The maximum atomic E-state index is 12.1. The predicted octanol–water partition coefficient (Wildman–Crippen LogP) is 3.51. The number of hydrogen-bond donors (Lipinski definition) is 0.